The molecule has 0 radical (unpaired) electrons. The molecular weight excluding hydrogens is 402 g/mol. The number of aryl methyl sites for hydroxylation is 1. The van der Waals surface area contributed by atoms with Crippen LogP contribution in [0.2, 0.25) is 0 Å². The van der Waals surface area contributed by atoms with E-state index in [9.17, 15) is 4.79 Å². The number of aromatic nitrogens is 2. The van der Waals surface area contributed by atoms with Crippen LogP contribution in [0, 0.1) is 0 Å². The fraction of sp³-hybridized carbons (Fsp3) is 0.308. The van der Waals surface area contributed by atoms with Crippen molar-refractivity contribution in [3.63, 3.8) is 0 Å². The Hall–Kier alpha value is -3.54. The lowest BCUT2D eigenvalue weighted by atomic mass is 10.0. The van der Waals surface area contributed by atoms with E-state index in [2.05, 4.69) is 41.9 Å². The molecule has 2 aromatic carbocycles. The van der Waals surface area contributed by atoms with Crippen LogP contribution in [0.3, 0.4) is 0 Å². The van der Waals surface area contributed by atoms with Crippen molar-refractivity contribution in [1.82, 2.24) is 14.9 Å². The molecule has 4 rings (SSSR count). The highest BCUT2D eigenvalue weighted by Gasteiger charge is 2.12. The minimum absolute atomic E-state index is 0.213. The highest BCUT2D eigenvalue weighted by molar-refractivity contribution is 5.91. The molecule has 166 valence electrons. The third-order valence-corrected chi connectivity index (χ3v) is 5.45. The second-order valence-corrected chi connectivity index (χ2v) is 8.08. The van der Waals surface area contributed by atoms with Gasteiger partial charge in [0.1, 0.15) is 11.6 Å². The first-order valence-electron chi connectivity index (χ1n) is 11.1. The Morgan fingerprint density at radius 3 is 2.66 bits per heavy atom. The van der Waals surface area contributed by atoms with E-state index in [1.807, 2.05) is 30.3 Å². The van der Waals surface area contributed by atoms with E-state index in [0.29, 0.717) is 31.3 Å². The number of hydrogen-bond donors (Lipinski definition) is 1. The summed E-state index contributed by atoms with van der Waals surface area (Å²) in [6, 6.07) is 19.8. The molecule has 0 unspecified atom stereocenters. The minimum Gasteiger partial charge on any atom is -0.494 e. The van der Waals surface area contributed by atoms with Crippen LogP contribution < -0.4 is 10.1 Å². The van der Waals surface area contributed by atoms with Gasteiger partial charge in [0.15, 0.2) is 5.76 Å². The fourth-order valence-electron chi connectivity index (χ4n) is 3.71. The average molecular weight is 432 g/mol. The topological polar surface area (TPSA) is 69.3 Å². The van der Waals surface area contributed by atoms with Gasteiger partial charge in [-0.05, 0) is 54.3 Å². The first-order valence-corrected chi connectivity index (χ1v) is 11.1. The van der Waals surface area contributed by atoms with Gasteiger partial charge in [-0.15, -0.1) is 0 Å². The number of carbonyl (C=O) groups is 1. The van der Waals surface area contributed by atoms with E-state index >= 15 is 0 Å². The predicted molar refractivity (Wildman–Crippen MR) is 125 cm³/mol. The Balaban J connectivity index is 1.35. The number of para-hydroxylation sites is 2. The Morgan fingerprint density at radius 2 is 1.91 bits per heavy atom. The van der Waals surface area contributed by atoms with Crippen molar-refractivity contribution in [2.24, 2.45) is 0 Å². The molecule has 6 nitrogen and oxygen atoms in total. The predicted octanol–water partition coefficient (Wildman–Crippen LogP) is 5.19. The van der Waals surface area contributed by atoms with Gasteiger partial charge in [0.2, 0.25) is 0 Å². The molecule has 0 fully saturated rings. The number of imidazole rings is 1. The lowest BCUT2D eigenvalue weighted by Crippen LogP contribution is -2.26. The summed E-state index contributed by atoms with van der Waals surface area (Å²) >= 11 is 0. The molecule has 2 aromatic heterocycles. The molecule has 6 heteroatoms. The minimum atomic E-state index is -0.213. The number of amides is 1. The van der Waals surface area contributed by atoms with Crippen LogP contribution in [0.1, 0.15) is 48.1 Å². The normalized spacial score (nSPS) is 11.2. The maximum absolute atomic E-state index is 12.1. The smallest absolute Gasteiger partial charge is 0.286 e. The number of nitrogens with zero attached hydrogens (tertiary/aromatic N) is 2. The second kappa shape index (κ2) is 10.2. The van der Waals surface area contributed by atoms with Gasteiger partial charge in [-0.3, -0.25) is 4.79 Å². The Morgan fingerprint density at radius 1 is 1.09 bits per heavy atom. The lowest BCUT2D eigenvalue weighted by molar-refractivity contribution is 0.0926. The van der Waals surface area contributed by atoms with Crippen molar-refractivity contribution < 1.29 is 13.9 Å². The summed E-state index contributed by atoms with van der Waals surface area (Å²) < 4.78 is 13.3. The van der Waals surface area contributed by atoms with Crippen molar-refractivity contribution in [2.45, 2.75) is 39.2 Å². The van der Waals surface area contributed by atoms with Crippen molar-refractivity contribution in [1.29, 1.82) is 0 Å². The molecule has 0 spiro atoms. The van der Waals surface area contributed by atoms with E-state index in [0.717, 1.165) is 35.6 Å². The van der Waals surface area contributed by atoms with Gasteiger partial charge < -0.3 is 19.0 Å². The number of hydrogen-bond acceptors (Lipinski definition) is 4. The van der Waals surface area contributed by atoms with Gasteiger partial charge in [-0.2, -0.15) is 0 Å². The monoisotopic (exact) mass is 431 g/mol. The van der Waals surface area contributed by atoms with Gasteiger partial charge in [-0.1, -0.05) is 38.1 Å². The number of rotatable bonds is 10. The summed E-state index contributed by atoms with van der Waals surface area (Å²) in [7, 11) is 0. The maximum atomic E-state index is 12.1. The molecule has 2 heterocycles. The molecule has 0 bridgehead atoms. The lowest BCUT2D eigenvalue weighted by Gasteiger charge is -2.11. The first kappa shape index (κ1) is 21.7. The van der Waals surface area contributed by atoms with Crippen molar-refractivity contribution in [2.75, 3.05) is 13.2 Å². The average Bonchev–Trinajstić information content (AvgIpc) is 3.45. The summed E-state index contributed by atoms with van der Waals surface area (Å²) in [5.41, 5.74) is 3.37. The van der Waals surface area contributed by atoms with Crippen LogP contribution in [-0.4, -0.2) is 28.6 Å². The summed E-state index contributed by atoms with van der Waals surface area (Å²) in [5.74, 6) is 2.46. The van der Waals surface area contributed by atoms with E-state index in [4.69, 9.17) is 14.1 Å². The molecule has 0 aliphatic heterocycles. The van der Waals surface area contributed by atoms with Crippen LogP contribution in [0.4, 0.5) is 0 Å². The highest BCUT2D eigenvalue weighted by Crippen LogP contribution is 2.20. The number of benzene rings is 2. The highest BCUT2D eigenvalue weighted by atomic mass is 16.5. The second-order valence-electron chi connectivity index (χ2n) is 8.08. The first-order chi connectivity index (χ1) is 15.6. The zero-order chi connectivity index (χ0) is 22.3. The van der Waals surface area contributed by atoms with Crippen LogP contribution in [0.15, 0.2) is 71.3 Å². The molecule has 0 aliphatic carbocycles. The fourth-order valence-corrected chi connectivity index (χ4v) is 3.71. The maximum Gasteiger partial charge on any atom is 0.286 e. The molecule has 1 amide bonds. The van der Waals surface area contributed by atoms with E-state index in [-0.39, 0.29) is 5.91 Å². The van der Waals surface area contributed by atoms with Crippen LogP contribution >= 0.6 is 0 Å². The van der Waals surface area contributed by atoms with Gasteiger partial charge in [-0.25, -0.2) is 4.98 Å². The number of ether oxygens (including phenoxy) is 1. The Bertz CT molecular complexity index is 1150. The summed E-state index contributed by atoms with van der Waals surface area (Å²) in [4.78, 5) is 16.9. The quantitative estimate of drug-likeness (QED) is 0.351. The molecular formula is C26H29N3O3. The standard InChI is InChI=1S/C26H29N3O3/c1-19(2)20-10-12-21(13-11-20)31-18-6-16-29-23-8-4-3-7-22(23)28-25(29)14-15-27-26(30)24-9-5-17-32-24/h3-5,7-13,17,19H,6,14-16,18H2,1-2H3,(H,27,30). The third-order valence-electron chi connectivity index (χ3n) is 5.45. The summed E-state index contributed by atoms with van der Waals surface area (Å²) in [5, 5.41) is 2.90. The summed E-state index contributed by atoms with van der Waals surface area (Å²) in [6.07, 6.45) is 2.99. The van der Waals surface area contributed by atoms with Crippen LogP contribution in [-0.2, 0) is 13.0 Å². The van der Waals surface area contributed by atoms with Gasteiger partial charge in [0, 0.05) is 19.5 Å². The largest absolute Gasteiger partial charge is 0.494 e. The van der Waals surface area contributed by atoms with Crippen LogP contribution in [0.25, 0.3) is 11.0 Å². The van der Waals surface area contributed by atoms with Gasteiger partial charge >= 0.3 is 0 Å². The van der Waals surface area contributed by atoms with E-state index in [1.54, 1.807) is 12.1 Å². The number of furan rings is 1. The molecule has 4 aromatic rings. The number of fused-ring (bicyclic) bond motifs is 1. The summed E-state index contributed by atoms with van der Waals surface area (Å²) in [6.45, 7) is 6.28. The van der Waals surface area contributed by atoms with E-state index in [1.165, 1.54) is 11.8 Å². The van der Waals surface area contributed by atoms with Gasteiger partial charge in [0.25, 0.3) is 5.91 Å². The molecule has 0 saturated heterocycles. The molecule has 0 aliphatic rings. The third kappa shape index (κ3) is 5.19. The van der Waals surface area contributed by atoms with Crippen molar-refractivity contribution in [3.8, 4) is 5.75 Å². The number of carbonyl (C=O) groups excluding carboxylic acids is 1. The number of nitrogens with one attached hydrogen (secondary N) is 1. The molecule has 1 N–H and O–H groups in total. The molecule has 0 atom stereocenters. The zero-order valence-electron chi connectivity index (χ0n) is 18.6. The Kier molecular flexibility index (Phi) is 6.90. The Labute approximate surface area is 188 Å². The van der Waals surface area contributed by atoms with Crippen molar-refractivity contribution in [3.05, 3.63) is 84.1 Å². The SMILES string of the molecule is CC(C)c1ccc(OCCCn2c(CCNC(=O)c3ccco3)nc3ccccc32)cc1. The van der Waals surface area contributed by atoms with E-state index < -0.39 is 0 Å². The molecule has 32 heavy (non-hydrogen) atoms. The van der Waals surface area contributed by atoms with Crippen LogP contribution in [0.5, 0.6) is 5.75 Å². The van der Waals surface area contributed by atoms with Crippen molar-refractivity contribution >= 4 is 16.9 Å². The van der Waals surface area contributed by atoms with Gasteiger partial charge in [0.05, 0.1) is 23.9 Å². The molecule has 0 saturated carbocycles. The zero-order valence-corrected chi connectivity index (χ0v) is 18.6.